The van der Waals surface area contributed by atoms with E-state index in [1.807, 2.05) is 6.07 Å². The second-order valence-corrected chi connectivity index (χ2v) is 3.95. The van der Waals surface area contributed by atoms with E-state index in [0.717, 1.165) is 12.1 Å². The molecule has 1 aromatic heterocycles. The lowest BCUT2D eigenvalue weighted by molar-refractivity contribution is 0.0598. The fourth-order valence-electron chi connectivity index (χ4n) is 1.59. The number of carbonyl (C=O) groups is 1. The molecule has 0 unspecified atom stereocenters. The van der Waals surface area contributed by atoms with Gasteiger partial charge in [0.15, 0.2) is 0 Å². The molecule has 21 heavy (non-hydrogen) atoms. The first kappa shape index (κ1) is 14.3. The van der Waals surface area contributed by atoms with Gasteiger partial charge < -0.3 is 15.2 Å². The number of aromatic nitrogens is 1. The maximum Gasteiger partial charge on any atom is 0.341 e. The number of anilines is 1. The third-order valence-electron chi connectivity index (χ3n) is 2.59. The third-order valence-corrected chi connectivity index (χ3v) is 2.59. The summed E-state index contributed by atoms with van der Waals surface area (Å²) in [6.45, 7) is 0. The molecule has 1 heterocycles. The molecule has 0 aliphatic carbocycles. The molecule has 0 aliphatic rings. The molecule has 1 aromatic carbocycles. The van der Waals surface area contributed by atoms with Crippen LogP contribution in [0.5, 0.6) is 11.5 Å². The van der Waals surface area contributed by atoms with Gasteiger partial charge in [0.2, 0.25) is 0 Å². The van der Waals surface area contributed by atoms with Gasteiger partial charge in [0.25, 0.3) is 0 Å². The van der Waals surface area contributed by atoms with Gasteiger partial charge >= 0.3 is 5.97 Å². The zero-order valence-electron chi connectivity index (χ0n) is 11.0. The van der Waals surface area contributed by atoms with Crippen LogP contribution in [0.3, 0.4) is 0 Å². The van der Waals surface area contributed by atoms with Gasteiger partial charge in [-0.25, -0.2) is 14.2 Å². The van der Waals surface area contributed by atoms with Crippen molar-refractivity contribution >= 4 is 11.8 Å². The largest absolute Gasteiger partial charge is 0.465 e. The number of hydrogen-bond donors (Lipinski definition) is 1. The molecule has 0 bridgehead atoms. The Morgan fingerprint density at radius 2 is 2.19 bits per heavy atom. The molecule has 0 amide bonds. The zero-order chi connectivity index (χ0) is 15.4. The minimum absolute atomic E-state index is 0.0442. The lowest BCUT2D eigenvalue weighted by Gasteiger charge is -2.10. The van der Waals surface area contributed by atoms with Crippen molar-refractivity contribution in [3.8, 4) is 17.6 Å². The maximum absolute atomic E-state index is 13.3. The van der Waals surface area contributed by atoms with E-state index in [0.29, 0.717) is 0 Å². The number of rotatable bonds is 3. The lowest BCUT2D eigenvalue weighted by atomic mass is 10.2. The fourth-order valence-corrected chi connectivity index (χ4v) is 1.59. The maximum atomic E-state index is 13.3. The second kappa shape index (κ2) is 5.88. The van der Waals surface area contributed by atoms with Gasteiger partial charge in [-0.15, -0.1) is 0 Å². The smallest absolute Gasteiger partial charge is 0.341 e. The third kappa shape index (κ3) is 3.06. The fraction of sp³-hybridized carbons (Fsp3) is 0.0714. The highest BCUT2D eigenvalue weighted by atomic mass is 19.1. The normalized spacial score (nSPS) is 9.76. The lowest BCUT2D eigenvalue weighted by Crippen LogP contribution is -2.04. The van der Waals surface area contributed by atoms with Gasteiger partial charge in [-0.2, -0.15) is 5.26 Å². The van der Waals surface area contributed by atoms with Crippen molar-refractivity contribution in [3.05, 3.63) is 47.4 Å². The Bertz CT molecular complexity index is 741. The van der Waals surface area contributed by atoms with Crippen LogP contribution in [0.2, 0.25) is 0 Å². The average Bonchev–Trinajstić information content (AvgIpc) is 2.48. The minimum Gasteiger partial charge on any atom is -0.465 e. The Morgan fingerprint density at radius 3 is 2.86 bits per heavy atom. The van der Waals surface area contributed by atoms with E-state index < -0.39 is 11.8 Å². The van der Waals surface area contributed by atoms with Crippen molar-refractivity contribution in [2.75, 3.05) is 12.8 Å². The Kier molecular flexibility index (Phi) is 4.00. The highest BCUT2D eigenvalue weighted by Gasteiger charge is 2.15. The first-order chi connectivity index (χ1) is 10.0. The molecule has 0 fully saturated rings. The number of benzene rings is 1. The van der Waals surface area contributed by atoms with Crippen molar-refractivity contribution in [1.29, 1.82) is 5.26 Å². The topological polar surface area (TPSA) is 98.2 Å². The first-order valence-corrected chi connectivity index (χ1v) is 5.76. The molecule has 0 saturated heterocycles. The number of nitrogen functional groups attached to an aromatic ring is 1. The summed E-state index contributed by atoms with van der Waals surface area (Å²) in [5.74, 6) is -1.10. The number of hydrogen-bond acceptors (Lipinski definition) is 6. The quantitative estimate of drug-likeness (QED) is 0.869. The number of pyridine rings is 1. The summed E-state index contributed by atoms with van der Waals surface area (Å²) in [6.07, 6.45) is 1.27. The number of carbonyl (C=O) groups excluding carboxylic acids is 1. The van der Waals surface area contributed by atoms with Crippen LogP contribution >= 0.6 is 0 Å². The molecule has 106 valence electrons. The monoisotopic (exact) mass is 287 g/mol. The summed E-state index contributed by atoms with van der Waals surface area (Å²) in [6, 6.07) is 6.58. The number of nitrogens with zero attached hydrogens (tertiary/aromatic N) is 2. The highest BCUT2D eigenvalue weighted by molar-refractivity contribution is 5.92. The van der Waals surface area contributed by atoms with Crippen molar-refractivity contribution in [2.24, 2.45) is 0 Å². The predicted molar refractivity (Wildman–Crippen MR) is 71.2 cm³/mol. The number of methoxy groups -OCH3 is 1. The standard InChI is InChI=1S/C14H10FN3O3/c1-20-14(19)11-3-2-9(15)5-12(11)21-10-4-8(6-16)13(17)18-7-10/h2-5,7H,1H3,(H2,17,18). The zero-order valence-corrected chi connectivity index (χ0v) is 11.0. The Hall–Kier alpha value is -3.14. The van der Waals surface area contributed by atoms with E-state index >= 15 is 0 Å². The summed E-state index contributed by atoms with van der Waals surface area (Å²) in [7, 11) is 1.20. The van der Waals surface area contributed by atoms with Crippen LogP contribution in [-0.4, -0.2) is 18.1 Å². The molecule has 2 N–H and O–H groups in total. The van der Waals surface area contributed by atoms with Gasteiger partial charge in [-0.05, 0) is 12.1 Å². The number of esters is 1. The molecule has 0 radical (unpaired) electrons. The number of nitrogens with two attached hydrogens (primary N) is 1. The van der Waals surface area contributed by atoms with Crippen LogP contribution in [0.25, 0.3) is 0 Å². The van der Waals surface area contributed by atoms with Gasteiger partial charge in [0.1, 0.15) is 34.8 Å². The molecular weight excluding hydrogens is 277 g/mol. The molecule has 0 aliphatic heterocycles. The van der Waals surface area contributed by atoms with E-state index in [2.05, 4.69) is 9.72 Å². The Morgan fingerprint density at radius 1 is 1.43 bits per heavy atom. The van der Waals surface area contributed by atoms with Crippen LogP contribution in [0.15, 0.2) is 30.5 Å². The van der Waals surface area contributed by atoms with Gasteiger partial charge in [-0.1, -0.05) is 0 Å². The van der Waals surface area contributed by atoms with Crippen molar-refractivity contribution in [3.63, 3.8) is 0 Å². The Labute approximate surface area is 119 Å². The number of nitriles is 1. The molecule has 2 rings (SSSR count). The van der Waals surface area contributed by atoms with Crippen LogP contribution in [0, 0.1) is 17.1 Å². The van der Waals surface area contributed by atoms with Crippen LogP contribution in [0.4, 0.5) is 10.2 Å². The molecule has 0 saturated carbocycles. The SMILES string of the molecule is COC(=O)c1ccc(F)cc1Oc1cnc(N)c(C#N)c1. The highest BCUT2D eigenvalue weighted by Crippen LogP contribution is 2.27. The molecule has 7 heteroatoms. The minimum atomic E-state index is -0.672. The molecule has 2 aromatic rings. The average molecular weight is 287 g/mol. The van der Waals surface area contributed by atoms with Crippen molar-refractivity contribution in [1.82, 2.24) is 4.98 Å². The second-order valence-electron chi connectivity index (χ2n) is 3.95. The summed E-state index contributed by atoms with van der Waals surface area (Å²) < 4.78 is 23.3. The number of halogens is 1. The summed E-state index contributed by atoms with van der Waals surface area (Å²) >= 11 is 0. The predicted octanol–water partition coefficient (Wildman–Crippen LogP) is 2.25. The van der Waals surface area contributed by atoms with E-state index in [-0.39, 0.29) is 28.4 Å². The van der Waals surface area contributed by atoms with E-state index in [4.69, 9.17) is 15.7 Å². The van der Waals surface area contributed by atoms with Gasteiger partial charge in [-0.3, -0.25) is 0 Å². The summed E-state index contributed by atoms with van der Waals surface area (Å²) in [5.41, 5.74) is 5.66. The van der Waals surface area contributed by atoms with Crippen LogP contribution < -0.4 is 10.5 Å². The molecule has 0 atom stereocenters. The van der Waals surface area contributed by atoms with Crippen molar-refractivity contribution < 1.29 is 18.7 Å². The summed E-state index contributed by atoms with van der Waals surface area (Å²) in [4.78, 5) is 15.4. The molecule has 0 spiro atoms. The van der Waals surface area contributed by atoms with Crippen LogP contribution in [-0.2, 0) is 4.74 Å². The van der Waals surface area contributed by atoms with Crippen LogP contribution in [0.1, 0.15) is 15.9 Å². The van der Waals surface area contributed by atoms with E-state index in [9.17, 15) is 9.18 Å². The van der Waals surface area contributed by atoms with Crippen molar-refractivity contribution in [2.45, 2.75) is 0 Å². The molecule has 6 nitrogen and oxygen atoms in total. The molecular formula is C14H10FN3O3. The van der Waals surface area contributed by atoms with E-state index in [1.165, 1.54) is 25.4 Å². The van der Waals surface area contributed by atoms with E-state index in [1.54, 1.807) is 0 Å². The number of ether oxygens (including phenoxy) is 2. The van der Waals surface area contributed by atoms with Gasteiger partial charge in [0.05, 0.1) is 18.9 Å². The summed E-state index contributed by atoms with van der Waals surface area (Å²) in [5, 5.41) is 8.87. The Balaban J connectivity index is 2.41. The first-order valence-electron chi connectivity index (χ1n) is 5.76. The van der Waals surface area contributed by atoms with Gasteiger partial charge in [0, 0.05) is 12.1 Å².